The molecule has 0 radical (unpaired) electrons. The first-order chi connectivity index (χ1) is 4.13. The first-order valence-corrected chi connectivity index (χ1v) is 5.16. The lowest BCUT2D eigenvalue weighted by Crippen LogP contribution is -1.66. The van der Waals surface area contributed by atoms with Gasteiger partial charge in [0.05, 0.1) is 0 Å². The van der Waals surface area contributed by atoms with Crippen molar-refractivity contribution in [2.45, 2.75) is 13.3 Å². The van der Waals surface area contributed by atoms with Gasteiger partial charge < -0.3 is 0 Å². The van der Waals surface area contributed by atoms with Gasteiger partial charge in [-0.2, -0.15) is 0 Å². The largest absolute Gasteiger partial charge is 0.0992 e. The van der Waals surface area contributed by atoms with Gasteiger partial charge in [-0.1, -0.05) is 23.7 Å². The summed E-state index contributed by atoms with van der Waals surface area (Å²) in [5.74, 6) is 3.06. The Morgan fingerprint density at radius 1 is 1.56 bits per heavy atom. The minimum atomic E-state index is -0.0333. The number of allylic oxidation sites excluding steroid dienone is 1. The molecule has 0 aliphatic heterocycles. The fraction of sp³-hybridized carbons (Fsp3) is 0.500. The van der Waals surface area contributed by atoms with E-state index in [9.17, 15) is 0 Å². The number of rotatable bonds is 1. The van der Waals surface area contributed by atoms with Crippen LogP contribution >= 0.6 is 7.92 Å². The van der Waals surface area contributed by atoms with Crippen LogP contribution in [0.1, 0.15) is 13.3 Å². The van der Waals surface area contributed by atoms with Gasteiger partial charge in [0.2, 0.25) is 0 Å². The molecule has 0 unspecified atom stereocenters. The van der Waals surface area contributed by atoms with Gasteiger partial charge in [0.15, 0.2) is 0 Å². The average molecular weight is 140 g/mol. The van der Waals surface area contributed by atoms with Crippen LogP contribution < -0.4 is 0 Å². The van der Waals surface area contributed by atoms with Crippen molar-refractivity contribution in [2.75, 3.05) is 13.3 Å². The van der Waals surface area contributed by atoms with Crippen LogP contribution in [0.25, 0.3) is 0 Å². The van der Waals surface area contributed by atoms with Crippen LogP contribution in [0.2, 0.25) is 0 Å². The fourth-order valence-corrected chi connectivity index (χ4v) is 0.744. The summed E-state index contributed by atoms with van der Waals surface area (Å²) in [4.78, 5) is 0. The summed E-state index contributed by atoms with van der Waals surface area (Å²) in [6, 6.07) is 0. The molecule has 0 aliphatic carbocycles. The summed E-state index contributed by atoms with van der Waals surface area (Å²) in [6.45, 7) is 10.1. The summed E-state index contributed by atoms with van der Waals surface area (Å²) in [6.07, 6.45) is 0.862. The Morgan fingerprint density at radius 2 is 2.11 bits per heavy atom. The summed E-state index contributed by atoms with van der Waals surface area (Å²) >= 11 is 0. The van der Waals surface area contributed by atoms with Crippen molar-refractivity contribution in [3.05, 3.63) is 12.2 Å². The van der Waals surface area contributed by atoms with Crippen LogP contribution in [0.4, 0.5) is 0 Å². The highest BCUT2D eigenvalue weighted by molar-refractivity contribution is 7.61. The van der Waals surface area contributed by atoms with Crippen LogP contribution in [0.3, 0.4) is 0 Å². The van der Waals surface area contributed by atoms with E-state index in [0.29, 0.717) is 0 Å². The van der Waals surface area contributed by atoms with Gasteiger partial charge in [0.25, 0.3) is 0 Å². The van der Waals surface area contributed by atoms with E-state index in [1.165, 1.54) is 0 Å². The normalized spacial score (nSPS) is 8.44. The molecule has 0 fully saturated rings. The standard InChI is InChI=1S/C8H13P/c1-8(2)6-5-7-9(3)4/h1,6H2,2-4H3. The predicted octanol–water partition coefficient (Wildman–Crippen LogP) is 2.66. The Balaban J connectivity index is 3.50. The molecule has 0 saturated heterocycles. The zero-order valence-electron chi connectivity index (χ0n) is 6.36. The molecule has 1 heteroatoms. The predicted molar refractivity (Wildman–Crippen MR) is 46.0 cm³/mol. The van der Waals surface area contributed by atoms with Gasteiger partial charge in [-0.25, -0.2) is 0 Å². The SMILES string of the molecule is C=C(C)CC#CP(C)C. The zero-order chi connectivity index (χ0) is 7.28. The Bertz CT molecular complexity index is 146. The molecule has 9 heavy (non-hydrogen) atoms. The van der Waals surface area contributed by atoms with Gasteiger partial charge in [-0.15, -0.1) is 0 Å². The van der Waals surface area contributed by atoms with Gasteiger partial charge in [-0.3, -0.25) is 0 Å². The third kappa shape index (κ3) is 7.73. The second-order valence-electron chi connectivity index (χ2n) is 2.32. The third-order valence-electron chi connectivity index (χ3n) is 0.693. The molecule has 0 aromatic rings. The Morgan fingerprint density at radius 3 is 2.44 bits per heavy atom. The van der Waals surface area contributed by atoms with Crippen LogP contribution in [0, 0.1) is 11.6 Å². The molecule has 0 nitrogen and oxygen atoms in total. The van der Waals surface area contributed by atoms with E-state index in [-0.39, 0.29) is 7.92 Å². The van der Waals surface area contributed by atoms with Crippen molar-refractivity contribution in [3.8, 4) is 11.6 Å². The monoisotopic (exact) mass is 140 g/mol. The van der Waals surface area contributed by atoms with Crippen LogP contribution in [0.15, 0.2) is 12.2 Å². The Hall–Kier alpha value is -0.270. The maximum atomic E-state index is 3.76. The lowest BCUT2D eigenvalue weighted by Gasteiger charge is -1.88. The minimum Gasteiger partial charge on any atom is -0.0992 e. The van der Waals surface area contributed by atoms with Gasteiger partial charge in [0.1, 0.15) is 0 Å². The van der Waals surface area contributed by atoms with Crippen molar-refractivity contribution < 1.29 is 0 Å². The van der Waals surface area contributed by atoms with E-state index in [1.807, 2.05) is 6.92 Å². The van der Waals surface area contributed by atoms with Gasteiger partial charge >= 0.3 is 0 Å². The number of hydrogen-bond donors (Lipinski definition) is 0. The topological polar surface area (TPSA) is 0 Å². The third-order valence-corrected chi connectivity index (χ3v) is 1.30. The highest BCUT2D eigenvalue weighted by Gasteiger charge is 1.80. The van der Waals surface area contributed by atoms with E-state index in [1.54, 1.807) is 0 Å². The maximum Gasteiger partial charge on any atom is 0.0297 e. The van der Waals surface area contributed by atoms with Crippen LogP contribution in [-0.2, 0) is 0 Å². The van der Waals surface area contributed by atoms with Crippen molar-refractivity contribution in [3.63, 3.8) is 0 Å². The van der Waals surface area contributed by atoms with Crippen LogP contribution in [0.5, 0.6) is 0 Å². The Kier molecular flexibility index (Phi) is 4.46. The minimum absolute atomic E-state index is 0.0333. The van der Waals surface area contributed by atoms with Crippen molar-refractivity contribution in [2.24, 2.45) is 0 Å². The molecule has 0 atom stereocenters. The van der Waals surface area contributed by atoms with Crippen molar-refractivity contribution in [1.29, 1.82) is 0 Å². The molecule has 0 spiro atoms. The molecule has 50 valence electrons. The fourth-order valence-electron chi connectivity index (χ4n) is 0.349. The molecule has 0 bridgehead atoms. The first kappa shape index (κ1) is 8.73. The molecule has 0 aromatic carbocycles. The molecule has 0 rings (SSSR count). The first-order valence-electron chi connectivity index (χ1n) is 2.93. The van der Waals surface area contributed by atoms with Crippen molar-refractivity contribution >= 4 is 7.92 Å². The lowest BCUT2D eigenvalue weighted by molar-refractivity contribution is 1.27. The second kappa shape index (κ2) is 4.59. The summed E-state index contributed by atoms with van der Waals surface area (Å²) in [5.41, 5.74) is 4.28. The van der Waals surface area contributed by atoms with E-state index in [2.05, 4.69) is 31.5 Å². The molecule has 0 amide bonds. The lowest BCUT2D eigenvalue weighted by atomic mass is 10.3. The molecule has 0 saturated carbocycles. The summed E-state index contributed by atoms with van der Waals surface area (Å²) in [5, 5.41) is 0. The summed E-state index contributed by atoms with van der Waals surface area (Å²) in [7, 11) is -0.0333. The molecule has 0 aromatic heterocycles. The molecule has 0 aliphatic rings. The average Bonchev–Trinajstić information content (AvgIpc) is 1.63. The Labute approximate surface area is 59.1 Å². The highest BCUT2D eigenvalue weighted by Crippen LogP contribution is 2.20. The van der Waals surface area contributed by atoms with E-state index in [4.69, 9.17) is 0 Å². The molecule has 0 heterocycles. The van der Waals surface area contributed by atoms with Gasteiger partial charge in [-0.05, 0) is 28.2 Å². The smallest absolute Gasteiger partial charge is 0.0297 e. The molecule has 0 N–H and O–H groups in total. The van der Waals surface area contributed by atoms with E-state index in [0.717, 1.165) is 12.0 Å². The highest BCUT2D eigenvalue weighted by atomic mass is 31.1. The van der Waals surface area contributed by atoms with E-state index >= 15 is 0 Å². The maximum absolute atomic E-state index is 3.76. The zero-order valence-corrected chi connectivity index (χ0v) is 7.26. The summed E-state index contributed by atoms with van der Waals surface area (Å²) < 4.78 is 0. The van der Waals surface area contributed by atoms with Gasteiger partial charge in [0, 0.05) is 6.42 Å². The number of hydrogen-bond acceptors (Lipinski definition) is 0. The van der Waals surface area contributed by atoms with E-state index < -0.39 is 0 Å². The quantitative estimate of drug-likeness (QED) is 0.298. The van der Waals surface area contributed by atoms with Crippen LogP contribution in [-0.4, -0.2) is 13.3 Å². The molecular weight excluding hydrogens is 127 g/mol. The van der Waals surface area contributed by atoms with Crippen molar-refractivity contribution in [1.82, 2.24) is 0 Å². The molecular formula is C8H13P. The second-order valence-corrected chi connectivity index (χ2v) is 4.33.